The Hall–Kier alpha value is -1.68. The summed E-state index contributed by atoms with van der Waals surface area (Å²) in [5, 5.41) is 0. The molecule has 0 spiro atoms. The molecule has 0 radical (unpaired) electrons. The van der Waals surface area contributed by atoms with Gasteiger partial charge < -0.3 is 4.57 Å². The highest BCUT2D eigenvalue weighted by molar-refractivity contribution is 5.11. The number of aromatic nitrogens is 3. The third kappa shape index (κ3) is 3.39. The molecule has 0 aromatic carbocycles. The number of rotatable bonds is 5. The van der Waals surface area contributed by atoms with Gasteiger partial charge in [-0.2, -0.15) is 0 Å². The fourth-order valence-corrected chi connectivity index (χ4v) is 4.16. The molecule has 4 rings (SSSR count). The summed E-state index contributed by atoms with van der Waals surface area (Å²) in [7, 11) is 0. The van der Waals surface area contributed by atoms with E-state index in [1.165, 1.54) is 62.3 Å². The fourth-order valence-electron chi connectivity index (χ4n) is 4.16. The zero-order valence-electron chi connectivity index (χ0n) is 14.7. The van der Waals surface area contributed by atoms with Gasteiger partial charge in [-0.25, -0.2) is 4.98 Å². The van der Waals surface area contributed by atoms with Crippen LogP contribution in [-0.4, -0.2) is 32.5 Å². The summed E-state index contributed by atoms with van der Waals surface area (Å²) >= 11 is 0. The molecule has 24 heavy (non-hydrogen) atoms. The molecule has 0 amide bonds. The Morgan fingerprint density at radius 1 is 1.17 bits per heavy atom. The van der Waals surface area contributed by atoms with Crippen LogP contribution in [0.15, 0.2) is 30.7 Å². The van der Waals surface area contributed by atoms with Crippen LogP contribution in [0.1, 0.15) is 55.1 Å². The van der Waals surface area contributed by atoms with E-state index in [1.54, 1.807) is 0 Å². The van der Waals surface area contributed by atoms with Crippen molar-refractivity contribution in [1.82, 2.24) is 19.4 Å². The van der Waals surface area contributed by atoms with Gasteiger partial charge in [0.05, 0.1) is 0 Å². The number of hydrogen-bond donors (Lipinski definition) is 0. The van der Waals surface area contributed by atoms with Crippen LogP contribution in [0.4, 0.5) is 0 Å². The molecule has 3 heterocycles. The molecule has 1 saturated heterocycles. The topological polar surface area (TPSA) is 34.0 Å². The monoisotopic (exact) mass is 324 g/mol. The van der Waals surface area contributed by atoms with E-state index in [4.69, 9.17) is 4.98 Å². The summed E-state index contributed by atoms with van der Waals surface area (Å²) in [6.07, 6.45) is 12.6. The van der Waals surface area contributed by atoms with E-state index < -0.39 is 0 Å². The minimum atomic E-state index is 0.716. The highest BCUT2D eigenvalue weighted by Gasteiger charge is 2.27. The van der Waals surface area contributed by atoms with Gasteiger partial charge in [0, 0.05) is 49.8 Å². The highest BCUT2D eigenvalue weighted by Crippen LogP contribution is 2.36. The molecule has 1 saturated carbocycles. The maximum atomic E-state index is 4.73. The molecule has 1 atom stereocenters. The Labute approximate surface area is 144 Å². The van der Waals surface area contributed by atoms with Crippen LogP contribution in [0.3, 0.4) is 0 Å². The predicted molar refractivity (Wildman–Crippen MR) is 95.8 cm³/mol. The third-order valence-corrected chi connectivity index (χ3v) is 5.73. The number of hydrogen-bond acceptors (Lipinski definition) is 3. The first-order valence-corrected chi connectivity index (χ1v) is 9.43. The Morgan fingerprint density at radius 2 is 2.08 bits per heavy atom. The maximum Gasteiger partial charge on any atom is 0.111 e. The van der Waals surface area contributed by atoms with Gasteiger partial charge in [-0.15, -0.1) is 0 Å². The Balaban J connectivity index is 1.41. The third-order valence-electron chi connectivity index (χ3n) is 5.73. The summed E-state index contributed by atoms with van der Waals surface area (Å²) in [5.74, 6) is 2.80. The molecule has 1 aliphatic heterocycles. The molecule has 0 N–H and O–H groups in total. The van der Waals surface area contributed by atoms with E-state index in [0.717, 1.165) is 19.0 Å². The number of pyridine rings is 1. The van der Waals surface area contributed by atoms with Gasteiger partial charge >= 0.3 is 0 Å². The quantitative estimate of drug-likeness (QED) is 0.839. The number of piperidine rings is 1. The second-order valence-electron chi connectivity index (χ2n) is 7.60. The normalized spacial score (nSPS) is 22.5. The summed E-state index contributed by atoms with van der Waals surface area (Å²) in [6.45, 7) is 6.79. The Kier molecular flexibility index (Phi) is 4.65. The van der Waals surface area contributed by atoms with Crippen LogP contribution in [0.5, 0.6) is 0 Å². The van der Waals surface area contributed by atoms with Crippen LogP contribution in [0.25, 0.3) is 0 Å². The van der Waals surface area contributed by atoms with E-state index in [0.29, 0.717) is 5.92 Å². The molecular weight excluding hydrogens is 296 g/mol. The van der Waals surface area contributed by atoms with E-state index >= 15 is 0 Å². The number of imidazole rings is 1. The van der Waals surface area contributed by atoms with Crippen LogP contribution in [0.2, 0.25) is 0 Å². The molecule has 1 unspecified atom stereocenters. The minimum absolute atomic E-state index is 0.716. The van der Waals surface area contributed by atoms with Crippen molar-refractivity contribution in [3.63, 3.8) is 0 Å². The summed E-state index contributed by atoms with van der Waals surface area (Å²) in [6, 6.07) is 4.22. The van der Waals surface area contributed by atoms with Crippen molar-refractivity contribution in [2.24, 2.45) is 5.92 Å². The smallest absolute Gasteiger partial charge is 0.111 e. The second kappa shape index (κ2) is 7.06. The van der Waals surface area contributed by atoms with Crippen LogP contribution < -0.4 is 0 Å². The zero-order chi connectivity index (χ0) is 16.4. The Bertz CT molecular complexity index is 660. The molecule has 2 aromatic rings. The molecule has 2 fully saturated rings. The van der Waals surface area contributed by atoms with Crippen molar-refractivity contribution in [2.45, 2.75) is 58.0 Å². The number of nitrogens with zero attached hydrogens (tertiary/aromatic N) is 4. The minimum Gasteiger partial charge on any atom is -0.332 e. The molecule has 2 aliphatic rings. The van der Waals surface area contributed by atoms with Crippen molar-refractivity contribution in [3.05, 3.63) is 47.8 Å². The lowest BCUT2D eigenvalue weighted by Crippen LogP contribution is -2.37. The first-order valence-electron chi connectivity index (χ1n) is 9.43. The van der Waals surface area contributed by atoms with Gasteiger partial charge in [0.2, 0.25) is 0 Å². The lowest BCUT2D eigenvalue weighted by atomic mass is 9.84. The second-order valence-corrected chi connectivity index (χ2v) is 7.60. The van der Waals surface area contributed by atoms with Gasteiger partial charge in [-0.3, -0.25) is 9.88 Å². The maximum absolute atomic E-state index is 4.73. The van der Waals surface area contributed by atoms with Crippen molar-refractivity contribution in [2.75, 3.05) is 13.1 Å². The highest BCUT2D eigenvalue weighted by atomic mass is 15.1. The first-order chi connectivity index (χ1) is 11.8. The van der Waals surface area contributed by atoms with Crippen LogP contribution in [0, 0.1) is 12.8 Å². The molecule has 2 aromatic heterocycles. The molecule has 128 valence electrons. The van der Waals surface area contributed by atoms with Gasteiger partial charge in [0.25, 0.3) is 0 Å². The standard InChI is InChI=1S/C20H28N4/c1-16-11-22-20(19-7-2-8-19)24(16)15-18-6-4-10-23(14-18)13-17-5-3-9-21-12-17/h3,5,9,11-12,18-19H,2,4,6-8,10,13-15H2,1H3. The van der Waals surface area contributed by atoms with E-state index in [1.807, 2.05) is 18.5 Å². The van der Waals surface area contributed by atoms with Crippen LogP contribution in [-0.2, 0) is 13.1 Å². The zero-order valence-corrected chi connectivity index (χ0v) is 14.7. The largest absolute Gasteiger partial charge is 0.332 e. The molecule has 0 bridgehead atoms. The molecular formula is C20H28N4. The molecule has 4 heteroatoms. The fraction of sp³-hybridized carbons (Fsp3) is 0.600. The number of aryl methyl sites for hydroxylation is 1. The molecule has 4 nitrogen and oxygen atoms in total. The number of likely N-dealkylation sites (tertiary alicyclic amines) is 1. The van der Waals surface area contributed by atoms with Gasteiger partial charge in [0.15, 0.2) is 0 Å². The SMILES string of the molecule is Cc1cnc(C2CCC2)n1CC1CCCN(Cc2cccnc2)C1. The van der Waals surface area contributed by atoms with E-state index in [9.17, 15) is 0 Å². The summed E-state index contributed by atoms with van der Waals surface area (Å²) in [4.78, 5) is 11.6. The molecule has 1 aliphatic carbocycles. The van der Waals surface area contributed by atoms with E-state index in [-0.39, 0.29) is 0 Å². The van der Waals surface area contributed by atoms with Crippen molar-refractivity contribution in [1.29, 1.82) is 0 Å². The van der Waals surface area contributed by atoms with Gasteiger partial charge in [-0.1, -0.05) is 12.5 Å². The van der Waals surface area contributed by atoms with Gasteiger partial charge in [0.1, 0.15) is 5.82 Å². The van der Waals surface area contributed by atoms with Gasteiger partial charge in [-0.05, 0) is 56.7 Å². The Morgan fingerprint density at radius 3 is 2.83 bits per heavy atom. The average Bonchev–Trinajstić information content (AvgIpc) is 2.88. The average molecular weight is 324 g/mol. The lowest BCUT2D eigenvalue weighted by Gasteiger charge is -2.34. The van der Waals surface area contributed by atoms with E-state index in [2.05, 4.69) is 33.6 Å². The van der Waals surface area contributed by atoms with Crippen molar-refractivity contribution in [3.8, 4) is 0 Å². The van der Waals surface area contributed by atoms with Crippen LogP contribution >= 0.6 is 0 Å². The van der Waals surface area contributed by atoms with Crippen molar-refractivity contribution < 1.29 is 0 Å². The first kappa shape index (κ1) is 15.8. The summed E-state index contributed by atoms with van der Waals surface area (Å²) < 4.78 is 2.52. The lowest BCUT2D eigenvalue weighted by molar-refractivity contribution is 0.154. The summed E-state index contributed by atoms with van der Waals surface area (Å²) in [5.41, 5.74) is 2.66. The predicted octanol–water partition coefficient (Wildman–Crippen LogP) is 3.77. The van der Waals surface area contributed by atoms with Crippen molar-refractivity contribution >= 4 is 0 Å².